The Labute approximate surface area is 98.3 Å². The van der Waals surface area contributed by atoms with E-state index in [0.717, 1.165) is 16.3 Å². The Balaban J connectivity index is 2.54. The molecule has 0 radical (unpaired) electrons. The van der Waals surface area contributed by atoms with E-state index in [1.165, 1.54) is 0 Å². The molecule has 0 saturated carbocycles. The normalized spacial score (nSPS) is 11.7. The minimum Gasteiger partial charge on any atom is -0.407 e. The molecule has 0 atom stereocenters. The van der Waals surface area contributed by atoms with Crippen molar-refractivity contribution >= 4 is 21.9 Å². The van der Waals surface area contributed by atoms with Gasteiger partial charge in [0.2, 0.25) is 0 Å². The summed E-state index contributed by atoms with van der Waals surface area (Å²) in [5, 5.41) is 2.08. The molecule has 0 bridgehead atoms. The highest BCUT2D eigenvalue weighted by Gasteiger charge is 2.13. The van der Waals surface area contributed by atoms with Crippen molar-refractivity contribution in [2.45, 2.75) is 19.9 Å². The van der Waals surface area contributed by atoms with Crippen molar-refractivity contribution in [1.82, 2.24) is 4.57 Å². The maximum Gasteiger partial charge on any atom is 0.420 e. The Kier molecular flexibility index (Phi) is 2.08. The number of benzene rings is 2. The molecule has 17 heavy (non-hydrogen) atoms. The molecule has 0 spiro atoms. The zero-order valence-electron chi connectivity index (χ0n) is 9.81. The van der Waals surface area contributed by atoms with Gasteiger partial charge >= 0.3 is 5.76 Å². The van der Waals surface area contributed by atoms with Crippen LogP contribution in [0.4, 0.5) is 0 Å². The molecule has 3 rings (SSSR count). The first kappa shape index (κ1) is 10.1. The second-order valence-electron chi connectivity index (χ2n) is 4.47. The summed E-state index contributed by atoms with van der Waals surface area (Å²) in [6.45, 7) is 3.96. The number of nitrogens with zero attached hydrogens (tertiary/aromatic N) is 1. The molecule has 86 valence electrons. The predicted molar refractivity (Wildman–Crippen MR) is 68.4 cm³/mol. The van der Waals surface area contributed by atoms with Crippen LogP contribution in [-0.4, -0.2) is 4.57 Å². The summed E-state index contributed by atoms with van der Waals surface area (Å²) >= 11 is 0. The van der Waals surface area contributed by atoms with Crippen molar-refractivity contribution in [3.8, 4) is 0 Å². The first-order valence-electron chi connectivity index (χ1n) is 5.71. The van der Waals surface area contributed by atoms with E-state index in [1.54, 1.807) is 4.57 Å². The van der Waals surface area contributed by atoms with Crippen LogP contribution in [0.3, 0.4) is 0 Å². The van der Waals surface area contributed by atoms with E-state index in [1.807, 2.05) is 50.2 Å². The van der Waals surface area contributed by atoms with Crippen LogP contribution in [0.5, 0.6) is 0 Å². The first-order valence-corrected chi connectivity index (χ1v) is 5.71. The van der Waals surface area contributed by atoms with E-state index in [9.17, 15) is 4.79 Å². The lowest BCUT2D eigenvalue weighted by Gasteiger charge is -2.05. The SMILES string of the molecule is CC(C)n1c(=O)oc2c3ccccc3ccc21. The van der Waals surface area contributed by atoms with Gasteiger partial charge in [0.05, 0.1) is 5.52 Å². The third-order valence-electron chi connectivity index (χ3n) is 3.02. The lowest BCUT2D eigenvalue weighted by Crippen LogP contribution is -2.15. The Morgan fingerprint density at radius 1 is 1.12 bits per heavy atom. The largest absolute Gasteiger partial charge is 0.420 e. The van der Waals surface area contributed by atoms with E-state index < -0.39 is 0 Å². The fraction of sp³-hybridized carbons (Fsp3) is 0.214. The zero-order chi connectivity index (χ0) is 12.0. The second kappa shape index (κ2) is 3.48. The number of hydrogen-bond donors (Lipinski definition) is 0. The maximum absolute atomic E-state index is 11.8. The van der Waals surface area contributed by atoms with Crippen LogP contribution in [0.2, 0.25) is 0 Å². The monoisotopic (exact) mass is 227 g/mol. The fourth-order valence-electron chi connectivity index (χ4n) is 2.25. The lowest BCUT2D eigenvalue weighted by molar-refractivity contribution is 0.479. The lowest BCUT2D eigenvalue weighted by atomic mass is 10.1. The van der Waals surface area contributed by atoms with Crippen molar-refractivity contribution in [1.29, 1.82) is 0 Å². The van der Waals surface area contributed by atoms with Crippen molar-refractivity contribution in [3.05, 3.63) is 46.9 Å². The van der Waals surface area contributed by atoms with Gasteiger partial charge in [0.15, 0.2) is 5.58 Å². The quantitative estimate of drug-likeness (QED) is 0.639. The van der Waals surface area contributed by atoms with Gasteiger partial charge in [0, 0.05) is 11.4 Å². The number of oxazole rings is 1. The van der Waals surface area contributed by atoms with E-state index >= 15 is 0 Å². The molecule has 0 aliphatic carbocycles. The third-order valence-corrected chi connectivity index (χ3v) is 3.02. The molecule has 0 amide bonds. The van der Waals surface area contributed by atoms with Gasteiger partial charge < -0.3 is 4.42 Å². The topological polar surface area (TPSA) is 35.1 Å². The molecule has 2 aromatic carbocycles. The zero-order valence-corrected chi connectivity index (χ0v) is 9.81. The molecule has 0 fully saturated rings. The van der Waals surface area contributed by atoms with Crippen molar-refractivity contribution in [2.75, 3.05) is 0 Å². The van der Waals surface area contributed by atoms with Gasteiger partial charge in [0.1, 0.15) is 0 Å². The molecule has 1 aromatic heterocycles. The Hall–Kier alpha value is -2.03. The molecule has 0 aliphatic rings. The molecule has 3 nitrogen and oxygen atoms in total. The Bertz CT molecular complexity index is 750. The standard InChI is InChI=1S/C14H13NO2/c1-9(2)15-12-8-7-10-5-3-4-6-11(10)13(12)17-14(15)16/h3-9H,1-2H3. The smallest absolute Gasteiger partial charge is 0.407 e. The summed E-state index contributed by atoms with van der Waals surface area (Å²) in [4.78, 5) is 11.8. The van der Waals surface area contributed by atoms with Crippen LogP contribution in [0.1, 0.15) is 19.9 Å². The first-order chi connectivity index (χ1) is 8.18. The summed E-state index contributed by atoms with van der Waals surface area (Å²) < 4.78 is 7.06. The molecule has 0 saturated heterocycles. The number of aromatic nitrogens is 1. The van der Waals surface area contributed by atoms with Gasteiger partial charge in [-0.05, 0) is 25.3 Å². The van der Waals surface area contributed by atoms with Gasteiger partial charge in [-0.15, -0.1) is 0 Å². The summed E-state index contributed by atoms with van der Waals surface area (Å²) in [6, 6.07) is 12.0. The van der Waals surface area contributed by atoms with E-state index in [4.69, 9.17) is 4.42 Å². The highest BCUT2D eigenvalue weighted by atomic mass is 16.4. The average molecular weight is 227 g/mol. The van der Waals surface area contributed by atoms with Crippen LogP contribution in [0, 0.1) is 0 Å². The van der Waals surface area contributed by atoms with Gasteiger partial charge in [-0.3, -0.25) is 4.57 Å². The van der Waals surface area contributed by atoms with Gasteiger partial charge in [-0.2, -0.15) is 0 Å². The van der Waals surface area contributed by atoms with E-state index in [0.29, 0.717) is 5.58 Å². The Morgan fingerprint density at radius 3 is 2.65 bits per heavy atom. The number of hydrogen-bond acceptors (Lipinski definition) is 2. The minimum absolute atomic E-state index is 0.102. The minimum atomic E-state index is -0.286. The van der Waals surface area contributed by atoms with Crippen LogP contribution < -0.4 is 5.76 Å². The summed E-state index contributed by atoms with van der Waals surface area (Å²) in [6.07, 6.45) is 0. The van der Waals surface area contributed by atoms with Crippen LogP contribution in [0.25, 0.3) is 21.9 Å². The summed E-state index contributed by atoms with van der Waals surface area (Å²) in [7, 11) is 0. The number of rotatable bonds is 1. The van der Waals surface area contributed by atoms with E-state index in [-0.39, 0.29) is 11.8 Å². The molecule has 0 N–H and O–H groups in total. The highest BCUT2D eigenvalue weighted by Crippen LogP contribution is 2.25. The third kappa shape index (κ3) is 1.39. The van der Waals surface area contributed by atoms with E-state index in [2.05, 4.69) is 0 Å². The van der Waals surface area contributed by atoms with Crippen molar-refractivity contribution < 1.29 is 4.42 Å². The Morgan fingerprint density at radius 2 is 1.88 bits per heavy atom. The average Bonchev–Trinajstić information content (AvgIpc) is 2.65. The van der Waals surface area contributed by atoms with Crippen molar-refractivity contribution in [2.24, 2.45) is 0 Å². The second-order valence-corrected chi connectivity index (χ2v) is 4.47. The van der Waals surface area contributed by atoms with Crippen molar-refractivity contribution in [3.63, 3.8) is 0 Å². The number of fused-ring (bicyclic) bond motifs is 3. The molecular weight excluding hydrogens is 214 g/mol. The molecule has 0 unspecified atom stereocenters. The van der Waals surface area contributed by atoms with Crippen LogP contribution >= 0.6 is 0 Å². The molecule has 3 aromatic rings. The summed E-state index contributed by atoms with van der Waals surface area (Å²) in [5.41, 5.74) is 1.55. The molecule has 1 heterocycles. The predicted octanol–water partition coefficient (Wildman–Crippen LogP) is 3.33. The molecule has 0 aliphatic heterocycles. The molecular formula is C14H13NO2. The van der Waals surface area contributed by atoms with Gasteiger partial charge in [-0.1, -0.05) is 30.3 Å². The highest BCUT2D eigenvalue weighted by molar-refractivity contribution is 6.02. The maximum atomic E-state index is 11.8. The van der Waals surface area contributed by atoms with Crippen LogP contribution in [-0.2, 0) is 0 Å². The fourth-order valence-corrected chi connectivity index (χ4v) is 2.25. The molecule has 3 heteroatoms. The van der Waals surface area contributed by atoms with Gasteiger partial charge in [0.25, 0.3) is 0 Å². The van der Waals surface area contributed by atoms with Crippen LogP contribution in [0.15, 0.2) is 45.6 Å². The summed E-state index contributed by atoms with van der Waals surface area (Å²) in [5.74, 6) is -0.286. The van der Waals surface area contributed by atoms with Gasteiger partial charge in [-0.25, -0.2) is 4.79 Å².